The monoisotopic (exact) mass is 471 g/mol. The summed E-state index contributed by atoms with van der Waals surface area (Å²) in [5, 5.41) is 8.52. The van der Waals surface area contributed by atoms with Crippen LogP contribution in [0.25, 0.3) is 0 Å². The maximum Gasteiger partial charge on any atom is 0.319 e. The number of hydrogen-bond acceptors (Lipinski definition) is 4. The molecule has 0 saturated heterocycles. The highest BCUT2D eigenvalue weighted by molar-refractivity contribution is 6.04. The number of likely N-dealkylation sites (N-methyl/N-ethyl adjacent to an activating group) is 1. The van der Waals surface area contributed by atoms with E-state index in [4.69, 9.17) is 5.73 Å². The third kappa shape index (κ3) is 6.04. The molecule has 0 bridgehead atoms. The maximum atomic E-state index is 12.9. The summed E-state index contributed by atoms with van der Waals surface area (Å²) in [6, 6.07) is 18.8. The van der Waals surface area contributed by atoms with Gasteiger partial charge in [-0.2, -0.15) is 0 Å². The van der Waals surface area contributed by atoms with Gasteiger partial charge in [-0.25, -0.2) is 4.79 Å². The summed E-state index contributed by atoms with van der Waals surface area (Å²) in [6.07, 6.45) is 1.01. The largest absolute Gasteiger partial charge is 0.366 e. The van der Waals surface area contributed by atoms with Crippen LogP contribution in [0.3, 0.4) is 0 Å². The summed E-state index contributed by atoms with van der Waals surface area (Å²) in [4.78, 5) is 39.0. The van der Waals surface area contributed by atoms with Gasteiger partial charge in [-0.1, -0.05) is 24.3 Å². The fourth-order valence-electron chi connectivity index (χ4n) is 4.13. The van der Waals surface area contributed by atoms with Gasteiger partial charge in [-0.05, 0) is 79.5 Å². The zero-order chi connectivity index (χ0) is 24.9. The number of nitrogens with two attached hydrogens (primary N) is 1. The summed E-state index contributed by atoms with van der Waals surface area (Å²) >= 11 is 0. The zero-order valence-electron chi connectivity index (χ0n) is 19.8. The van der Waals surface area contributed by atoms with Crippen LogP contribution < -0.4 is 21.7 Å². The Morgan fingerprint density at radius 3 is 2.43 bits per heavy atom. The molecule has 3 aromatic rings. The number of benzene rings is 3. The highest BCUT2D eigenvalue weighted by atomic mass is 16.2. The van der Waals surface area contributed by atoms with Crippen LogP contribution in [-0.4, -0.2) is 36.3 Å². The first-order valence-electron chi connectivity index (χ1n) is 11.5. The van der Waals surface area contributed by atoms with Crippen LogP contribution >= 0.6 is 0 Å². The number of anilines is 2. The average Bonchev–Trinajstić information content (AvgIpc) is 2.84. The molecule has 35 heavy (non-hydrogen) atoms. The minimum atomic E-state index is -0.569. The van der Waals surface area contributed by atoms with E-state index in [1.807, 2.05) is 25.1 Å². The number of carbonyl (C=O) groups is 3. The van der Waals surface area contributed by atoms with Gasteiger partial charge in [0.25, 0.3) is 5.91 Å². The molecule has 1 unspecified atom stereocenters. The second-order valence-electron chi connectivity index (χ2n) is 8.82. The summed E-state index contributed by atoms with van der Waals surface area (Å²) in [5.74, 6) is -0.781. The van der Waals surface area contributed by atoms with E-state index in [2.05, 4.69) is 34.0 Å². The van der Waals surface area contributed by atoms with E-state index in [0.717, 1.165) is 30.8 Å². The van der Waals surface area contributed by atoms with Crippen LogP contribution in [0.15, 0.2) is 66.7 Å². The van der Waals surface area contributed by atoms with Crippen molar-refractivity contribution < 1.29 is 14.4 Å². The van der Waals surface area contributed by atoms with Gasteiger partial charge in [0.2, 0.25) is 5.91 Å². The number of nitrogens with zero attached hydrogens (tertiary/aromatic N) is 1. The normalized spacial score (nSPS) is 13.9. The molecule has 8 nitrogen and oxygen atoms in total. The Kier molecular flexibility index (Phi) is 7.12. The molecule has 1 aliphatic rings. The Bertz CT molecular complexity index is 1270. The van der Waals surface area contributed by atoms with Crippen LogP contribution in [0.5, 0.6) is 0 Å². The average molecular weight is 472 g/mol. The van der Waals surface area contributed by atoms with Gasteiger partial charge in [0.1, 0.15) is 0 Å². The van der Waals surface area contributed by atoms with Gasteiger partial charge < -0.3 is 26.6 Å². The van der Waals surface area contributed by atoms with Crippen molar-refractivity contribution in [2.24, 2.45) is 5.73 Å². The van der Waals surface area contributed by atoms with E-state index in [9.17, 15) is 14.4 Å². The van der Waals surface area contributed by atoms with Crippen molar-refractivity contribution in [1.82, 2.24) is 10.2 Å². The molecule has 0 spiro atoms. The second kappa shape index (κ2) is 10.4. The smallest absolute Gasteiger partial charge is 0.319 e. The number of amides is 4. The van der Waals surface area contributed by atoms with Crippen molar-refractivity contribution in [3.8, 4) is 0 Å². The second-order valence-corrected chi connectivity index (χ2v) is 8.82. The molecular weight excluding hydrogens is 442 g/mol. The minimum absolute atomic E-state index is 0.212. The van der Waals surface area contributed by atoms with E-state index in [1.54, 1.807) is 36.4 Å². The number of rotatable bonds is 6. The van der Waals surface area contributed by atoms with Gasteiger partial charge >= 0.3 is 6.03 Å². The number of primary amides is 1. The molecule has 0 aliphatic carbocycles. The van der Waals surface area contributed by atoms with Crippen LogP contribution in [0.2, 0.25) is 0 Å². The van der Waals surface area contributed by atoms with Gasteiger partial charge in [-0.3, -0.25) is 9.59 Å². The van der Waals surface area contributed by atoms with Crippen molar-refractivity contribution in [2.75, 3.05) is 24.2 Å². The lowest BCUT2D eigenvalue weighted by atomic mass is 9.99. The van der Waals surface area contributed by atoms with Crippen LogP contribution in [0.4, 0.5) is 16.2 Å². The molecule has 4 amide bonds. The lowest BCUT2D eigenvalue weighted by Crippen LogP contribution is -2.31. The van der Waals surface area contributed by atoms with Gasteiger partial charge in [-0.15, -0.1) is 0 Å². The first-order chi connectivity index (χ1) is 16.8. The Hall–Kier alpha value is -4.17. The van der Waals surface area contributed by atoms with E-state index in [1.165, 1.54) is 17.2 Å². The molecule has 1 atom stereocenters. The molecule has 180 valence electrons. The predicted molar refractivity (Wildman–Crippen MR) is 136 cm³/mol. The summed E-state index contributed by atoms with van der Waals surface area (Å²) < 4.78 is 0. The summed E-state index contributed by atoms with van der Waals surface area (Å²) in [7, 11) is 2.09. The standard InChI is InChI=1S/C27H29N5O3/c1-17(29-27(35)31-23-8-4-6-20(14-23)25(28)33)19-5-3-7-21(13-19)26(34)30-24-10-9-18-11-12-32(2)16-22(18)15-24/h3-10,13-15,17H,11-12,16H2,1-2H3,(H2,28,33)(H,30,34)(H2,29,31,35). The Balaban J connectivity index is 1.39. The van der Waals surface area contributed by atoms with Crippen LogP contribution in [0, 0.1) is 0 Å². The molecule has 5 N–H and O–H groups in total. The fraction of sp³-hybridized carbons (Fsp3) is 0.222. The topological polar surface area (TPSA) is 117 Å². The number of fused-ring (bicyclic) bond motifs is 1. The molecule has 3 aromatic carbocycles. The molecular formula is C27H29N5O3. The SMILES string of the molecule is CC(NC(=O)Nc1cccc(C(N)=O)c1)c1cccc(C(=O)Nc2ccc3c(c2)CN(C)CC3)c1. The molecule has 0 saturated carbocycles. The highest BCUT2D eigenvalue weighted by Gasteiger charge is 2.16. The van der Waals surface area contributed by atoms with Crippen molar-refractivity contribution in [3.63, 3.8) is 0 Å². The maximum absolute atomic E-state index is 12.9. The quantitative estimate of drug-likeness (QED) is 0.436. The zero-order valence-corrected chi connectivity index (χ0v) is 19.8. The number of hydrogen-bond donors (Lipinski definition) is 4. The molecule has 0 radical (unpaired) electrons. The van der Waals surface area contributed by atoms with E-state index >= 15 is 0 Å². The lowest BCUT2D eigenvalue weighted by Gasteiger charge is -2.25. The van der Waals surface area contributed by atoms with Crippen molar-refractivity contribution in [2.45, 2.75) is 25.9 Å². The van der Waals surface area contributed by atoms with E-state index in [-0.39, 0.29) is 11.9 Å². The summed E-state index contributed by atoms with van der Waals surface area (Å²) in [6.45, 7) is 3.73. The number of urea groups is 1. The molecule has 1 heterocycles. The Labute approximate surface area is 204 Å². The highest BCUT2D eigenvalue weighted by Crippen LogP contribution is 2.23. The molecule has 0 fully saturated rings. The summed E-state index contributed by atoms with van der Waals surface area (Å²) in [5.41, 5.74) is 10.7. The van der Waals surface area contributed by atoms with E-state index in [0.29, 0.717) is 16.8 Å². The van der Waals surface area contributed by atoms with Crippen LogP contribution in [-0.2, 0) is 13.0 Å². The van der Waals surface area contributed by atoms with Crippen molar-refractivity contribution in [3.05, 3.63) is 94.5 Å². The minimum Gasteiger partial charge on any atom is -0.366 e. The molecule has 1 aliphatic heterocycles. The third-order valence-corrected chi connectivity index (χ3v) is 6.07. The van der Waals surface area contributed by atoms with Crippen LogP contribution in [0.1, 0.15) is 50.4 Å². The number of nitrogens with one attached hydrogen (secondary N) is 3. The third-order valence-electron chi connectivity index (χ3n) is 6.07. The van der Waals surface area contributed by atoms with Gasteiger partial charge in [0.05, 0.1) is 6.04 Å². The predicted octanol–water partition coefficient (Wildman–Crippen LogP) is 3.91. The first-order valence-corrected chi connectivity index (χ1v) is 11.5. The Morgan fingerprint density at radius 2 is 1.63 bits per heavy atom. The van der Waals surface area contributed by atoms with Gasteiger partial charge in [0.15, 0.2) is 0 Å². The van der Waals surface area contributed by atoms with Crippen molar-refractivity contribution in [1.29, 1.82) is 0 Å². The molecule has 8 heteroatoms. The lowest BCUT2D eigenvalue weighted by molar-refractivity contribution is 0.0997. The number of carbonyl (C=O) groups excluding carboxylic acids is 3. The fourth-order valence-corrected chi connectivity index (χ4v) is 4.13. The molecule has 4 rings (SSSR count). The van der Waals surface area contributed by atoms with Gasteiger partial charge in [0, 0.05) is 35.6 Å². The van der Waals surface area contributed by atoms with Crippen molar-refractivity contribution >= 4 is 29.2 Å². The van der Waals surface area contributed by atoms with E-state index < -0.39 is 11.9 Å². The molecule has 0 aromatic heterocycles. The first kappa shape index (κ1) is 24.0. The Morgan fingerprint density at radius 1 is 0.886 bits per heavy atom.